The third-order valence-corrected chi connectivity index (χ3v) is 3.35. The summed E-state index contributed by atoms with van der Waals surface area (Å²) in [4.78, 5) is 0. The Kier molecular flexibility index (Phi) is 9.00. The van der Waals surface area contributed by atoms with Gasteiger partial charge in [-0.2, -0.15) is 8.42 Å². The normalized spacial score (nSPS) is 11.9. The van der Waals surface area contributed by atoms with Crippen molar-refractivity contribution in [1.29, 1.82) is 0 Å². The molecule has 92 valence electrons. The molecule has 0 aromatic heterocycles. The van der Waals surface area contributed by atoms with Crippen LogP contribution in [0.4, 0.5) is 4.39 Å². The zero-order valence-electron chi connectivity index (χ0n) is 9.37. The molecule has 0 heterocycles. The third kappa shape index (κ3) is 10.1. The van der Waals surface area contributed by atoms with Crippen LogP contribution in [0.2, 0.25) is 0 Å². The molecule has 0 amide bonds. The van der Waals surface area contributed by atoms with Crippen molar-refractivity contribution in [3.63, 3.8) is 0 Å². The van der Waals surface area contributed by atoms with Crippen LogP contribution in [-0.2, 0) is 14.3 Å². The summed E-state index contributed by atoms with van der Waals surface area (Å²) in [5.41, 5.74) is 0. The van der Waals surface area contributed by atoms with Crippen LogP contribution in [0.25, 0.3) is 0 Å². The van der Waals surface area contributed by atoms with E-state index in [2.05, 4.69) is 0 Å². The van der Waals surface area contributed by atoms with Gasteiger partial charge in [-0.1, -0.05) is 19.8 Å². The molecule has 3 nitrogen and oxygen atoms in total. The molecule has 0 unspecified atom stereocenters. The van der Waals surface area contributed by atoms with Crippen molar-refractivity contribution in [3.8, 4) is 0 Å². The Morgan fingerprint density at radius 3 is 2.40 bits per heavy atom. The first-order chi connectivity index (χ1) is 7.12. The van der Waals surface area contributed by atoms with E-state index in [1.54, 1.807) is 0 Å². The number of halogens is 1. The van der Waals surface area contributed by atoms with Gasteiger partial charge in [-0.25, -0.2) is 0 Å². The molecule has 0 rings (SSSR count). The Morgan fingerprint density at radius 1 is 1.07 bits per heavy atom. The predicted octanol–water partition coefficient (Wildman–Crippen LogP) is 2.66. The van der Waals surface area contributed by atoms with Gasteiger partial charge in [0.05, 0.1) is 19.0 Å². The monoisotopic (exact) mass is 240 g/mol. The number of hydrogen-bond donors (Lipinski definition) is 0. The molecule has 0 radical (unpaired) electrons. The Labute approximate surface area is 92.1 Å². The molecule has 0 N–H and O–H groups in total. The highest BCUT2D eigenvalue weighted by Crippen LogP contribution is 2.04. The highest BCUT2D eigenvalue weighted by Gasteiger charge is 2.09. The summed E-state index contributed by atoms with van der Waals surface area (Å²) in [7, 11) is -3.36. The summed E-state index contributed by atoms with van der Waals surface area (Å²) < 4.78 is 39.0. The molecule has 0 fully saturated rings. The molecular formula is C10H21FO3S. The zero-order chi connectivity index (χ0) is 11.6. The van der Waals surface area contributed by atoms with E-state index in [0.29, 0.717) is 19.3 Å². The predicted molar refractivity (Wildman–Crippen MR) is 59.1 cm³/mol. The second kappa shape index (κ2) is 9.09. The SMILES string of the molecule is CCCCCOS(=O)(=O)CCCCCF. The quantitative estimate of drug-likeness (QED) is 0.435. The number of hydrogen-bond acceptors (Lipinski definition) is 3. The lowest BCUT2D eigenvalue weighted by atomic mass is 10.3. The Morgan fingerprint density at radius 2 is 1.80 bits per heavy atom. The van der Waals surface area contributed by atoms with E-state index < -0.39 is 10.1 Å². The molecule has 0 aliphatic carbocycles. The van der Waals surface area contributed by atoms with Gasteiger partial charge in [0.2, 0.25) is 0 Å². The summed E-state index contributed by atoms with van der Waals surface area (Å²) in [6.07, 6.45) is 4.33. The number of alkyl halides is 1. The summed E-state index contributed by atoms with van der Waals surface area (Å²) in [6.45, 7) is 1.95. The van der Waals surface area contributed by atoms with Crippen molar-refractivity contribution in [1.82, 2.24) is 0 Å². The lowest BCUT2D eigenvalue weighted by molar-refractivity contribution is 0.307. The molecule has 5 heteroatoms. The summed E-state index contributed by atoms with van der Waals surface area (Å²) >= 11 is 0. The number of rotatable bonds is 10. The maximum absolute atomic E-state index is 11.7. The Hall–Kier alpha value is -0.160. The second-order valence-corrected chi connectivity index (χ2v) is 5.30. The van der Waals surface area contributed by atoms with Crippen LogP contribution >= 0.6 is 0 Å². The van der Waals surface area contributed by atoms with Gasteiger partial charge in [0, 0.05) is 0 Å². The fourth-order valence-corrected chi connectivity index (χ4v) is 2.19. The average Bonchev–Trinajstić information content (AvgIpc) is 2.20. The van der Waals surface area contributed by atoms with Crippen LogP contribution in [0.15, 0.2) is 0 Å². The lowest BCUT2D eigenvalue weighted by Crippen LogP contribution is -2.11. The van der Waals surface area contributed by atoms with Gasteiger partial charge in [-0.3, -0.25) is 8.57 Å². The molecule has 0 aliphatic heterocycles. The minimum Gasteiger partial charge on any atom is -0.270 e. The Bertz CT molecular complexity index is 209. The molecule has 0 saturated heterocycles. The van der Waals surface area contributed by atoms with Gasteiger partial charge < -0.3 is 0 Å². The number of unbranched alkanes of at least 4 members (excludes halogenated alkanes) is 4. The zero-order valence-corrected chi connectivity index (χ0v) is 10.2. The lowest BCUT2D eigenvalue weighted by Gasteiger charge is -2.04. The van der Waals surface area contributed by atoms with Crippen LogP contribution < -0.4 is 0 Å². The van der Waals surface area contributed by atoms with Crippen molar-refractivity contribution in [3.05, 3.63) is 0 Å². The summed E-state index contributed by atoms with van der Waals surface area (Å²) in [5, 5.41) is 0. The van der Waals surface area contributed by atoms with Gasteiger partial charge in [0.15, 0.2) is 0 Å². The maximum atomic E-state index is 11.7. The molecule has 0 aromatic carbocycles. The molecule has 0 spiro atoms. The second-order valence-electron chi connectivity index (χ2n) is 3.54. The topological polar surface area (TPSA) is 43.4 Å². The van der Waals surface area contributed by atoms with Gasteiger partial charge >= 0.3 is 0 Å². The van der Waals surface area contributed by atoms with Gasteiger partial charge in [-0.15, -0.1) is 0 Å². The smallest absolute Gasteiger partial charge is 0.267 e. The van der Waals surface area contributed by atoms with Crippen LogP contribution in [0.5, 0.6) is 0 Å². The molecule has 15 heavy (non-hydrogen) atoms. The van der Waals surface area contributed by atoms with Crippen LogP contribution in [0.3, 0.4) is 0 Å². The minimum absolute atomic E-state index is 0.0130. The van der Waals surface area contributed by atoms with Crippen molar-refractivity contribution >= 4 is 10.1 Å². The first kappa shape index (κ1) is 14.8. The van der Waals surface area contributed by atoms with Gasteiger partial charge in [-0.05, 0) is 25.7 Å². The van der Waals surface area contributed by atoms with Crippen LogP contribution in [0.1, 0.15) is 45.4 Å². The standard InChI is InChI=1S/C10H21FO3S/c1-2-3-6-9-14-15(12,13)10-7-4-5-8-11/h2-10H2,1H3. The largest absolute Gasteiger partial charge is 0.270 e. The van der Waals surface area contributed by atoms with E-state index in [4.69, 9.17) is 4.18 Å². The van der Waals surface area contributed by atoms with E-state index in [9.17, 15) is 12.8 Å². The Balaban J connectivity index is 3.50. The van der Waals surface area contributed by atoms with Crippen molar-refractivity contribution in [2.24, 2.45) is 0 Å². The first-order valence-corrected chi connectivity index (χ1v) is 7.13. The summed E-state index contributed by atoms with van der Waals surface area (Å²) in [5.74, 6) is 0.0130. The highest BCUT2D eigenvalue weighted by atomic mass is 32.2. The van der Waals surface area contributed by atoms with E-state index in [1.165, 1.54) is 0 Å². The molecule has 0 aliphatic rings. The fourth-order valence-electron chi connectivity index (χ4n) is 1.15. The summed E-state index contributed by atoms with van der Waals surface area (Å²) in [6, 6.07) is 0. The van der Waals surface area contributed by atoms with Crippen LogP contribution in [0, 0.1) is 0 Å². The van der Waals surface area contributed by atoms with Crippen LogP contribution in [-0.4, -0.2) is 27.5 Å². The first-order valence-electron chi connectivity index (χ1n) is 5.55. The van der Waals surface area contributed by atoms with Crippen molar-refractivity contribution in [2.45, 2.75) is 45.4 Å². The molecule has 0 aromatic rings. The molecule has 0 saturated carbocycles. The highest BCUT2D eigenvalue weighted by molar-refractivity contribution is 7.86. The molecule has 0 bridgehead atoms. The van der Waals surface area contributed by atoms with Gasteiger partial charge in [0.25, 0.3) is 10.1 Å². The molecular weight excluding hydrogens is 219 g/mol. The molecule has 0 atom stereocenters. The van der Waals surface area contributed by atoms with E-state index in [-0.39, 0.29) is 19.0 Å². The van der Waals surface area contributed by atoms with E-state index in [1.807, 2.05) is 6.92 Å². The van der Waals surface area contributed by atoms with E-state index in [0.717, 1.165) is 19.3 Å². The fraction of sp³-hybridized carbons (Fsp3) is 1.00. The van der Waals surface area contributed by atoms with Gasteiger partial charge in [0.1, 0.15) is 0 Å². The maximum Gasteiger partial charge on any atom is 0.267 e. The van der Waals surface area contributed by atoms with Crippen molar-refractivity contribution < 1.29 is 17.0 Å². The van der Waals surface area contributed by atoms with Crippen molar-refractivity contribution in [2.75, 3.05) is 19.0 Å². The average molecular weight is 240 g/mol. The van der Waals surface area contributed by atoms with E-state index >= 15 is 0 Å². The third-order valence-electron chi connectivity index (χ3n) is 2.04. The minimum atomic E-state index is -3.36.